The van der Waals surface area contributed by atoms with Gasteiger partial charge < -0.3 is 13.8 Å². The van der Waals surface area contributed by atoms with Crippen LogP contribution in [0.5, 0.6) is 0 Å². The van der Waals surface area contributed by atoms with Gasteiger partial charge >= 0.3 is 0 Å². The zero-order valence-electron chi connectivity index (χ0n) is 14.3. The molecule has 4 heterocycles. The monoisotopic (exact) mass is 340 g/mol. The van der Waals surface area contributed by atoms with Crippen molar-refractivity contribution in [2.45, 2.75) is 39.2 Å². The Morgan fingerprint density at radius 2 is 2.12 bits per heavy atom. The van der Waals surface area contributed by atoms with E-state index in [0.29, 0.717) is 23.7 Å². The maximum Gasteiger partial charge on any atom is 0.274 e. The first-order valence-electron chi connectivity index (χ1n) is 8.48. The number of H-pyrrole nitrogens is 1. The zero-order valence-corrected chi connectivity index (χ0v) is 14.3. The van der Waals surface area contributed by atoms with Crippen molar-refractivity contribution < 1.29 is 13.7 Å². The third-order valence-corrected chi connectivity index (χ3v) is 4.55. The first-order chi connectivity index (χ1) is 12.1. The Kier molecular flexibility index (Phi) is 3.91. The molecule has 0 saturated carbocycles. The second-order valence-corrected chi connectivity index (χ2v) is 6.45. The number of aryl methyl sites for hydroxylation is 2. The predicted molar refractivity (Wildman–Crippen MR) is 89.9 cm³/mol. The summed E-state index contributed by atoms with van der Waals surface area (Å²) < 4.78 is 10.8. The third-order valence-electron chi connectivity index (χ3n) is 4.55. The number of nitrogens with one attached hydrogen (secondary N) is 1. The maximum atomic E-state index is 13.0. The van der Waals surface area contributed by atoms with E-state index in [1.807, 2.05) is 36.9 Å². The van der Waals surface area contributed by atoms with Gasteiger partial charge in [-0.05, 0) is 45.2 Å². The largest absolute Gasteiger partial charge is 0.460 e. The van der Waals surface area contributed by atoms with E-state index in [4.69, 9.17) is 8.94 Å². The molecular formula is C18H20N4O3. The highest BCUT2D eigenvalue weighted by Gasteiger charge is 2.32. The van der Waals surface area contributed by atoms with Crippen LogP contribution in [-0.2, 0) is 0 Å². The molecule has 7 heteroatoms. The minimum absolute atomic E-state index is 0.0651. The minimum atomic E-state index is -0.101. The van der Waals surface area contributed by atoms with Crippen molar-refractivity contribution in [3.8, 4) is 11.5 Å². The van der Waals surface area contributed by atoms with Crippen molar-refractivity contribution in [1.29, 1.82) is 0 Å². The highest BCUT2D eigenvalue weighted by molar-refractivity contribution is 5.93. The molecule has 3 aromatic rings. The molecular weight excluding hydrogens is 320 g/mol. The first-order valence-corrected chi connectivity index (χ1v) is 8.48. The molecule has 1 saturated heterocycles. The van der Waals surface area contributed by atoms with Gasteiger partial charge in [-0.1, -0.05) is 5.16 Å². The van der Waals surface area contributed by atoms with Crippen molar-refractivity contribution in [3.63, 3.8) is 0 Å². The SMILES string of the molecule is Cc1cc(C2CCCCN2C(=O)c2cc(-c3ccc(C)o3)[nH]n2)no1. The fourth-order valence-corrected chi connectivity index (χ4v) is 3.31. The molecule has 0 radical (unpaired) electrons. The molecule has 1 unspecified atom stereocenters. The molecule has 1 amide bonds. The molecule has 1 N–H and O–H groups in total. The van der Waals surface area contributed by atoms with Crippen LogP contribution < -0.4 is 0 Å². The number of amides is 1. The maximum absolute atomic E-state index is 13.0. The van der Waals surface area contributed by atoms with Crippen molar-refractivity contribution in [1.82, 2.24) is 20.3 Å². The van der Waals surface area contributed by atoms with Gasteiger partial charge in [-0.3, -0.25) is 9.89 Å². The summed E-state index contributed by atoms with van der Waals surface area (Å²) in [5, 5.41) is 11.2. The summed E-state index contributed by atoms with van der Waals surface area (Å²) in [5.74, 6) is 2.14. The molecule has 0 aromatic carbocycles. The fraction of sp³-hybridized carbons (Fsp3) is 0.389. The van der Waals surface area contributed by atoms with Crippen LogP contribution in [0.1, 0.15) is 53.0 Å². The second kappa shape index (κ2) is 6.23. The van der Waals surface area contributed by atoms with Gasteiger partial charge in [-0.2, -0.15) is 5.10 Å². The molecule has 3 aromatic heterocycles. The van der Waals surface area contributed by atoms with Gasteiger partial charge in [0.2, 0.25) is 0 Å². The second-order valence-electron chi connectivity index (χ2n) is 6.45. The molecule has 25 heavy (non-hydrogen) atoms. The molecule has 130 valence electrons. The number of carbonyl (C=O) groups is 1. The highest BCUT2D eigenvalue weighted by Crippen LogP contribution is 2.32. The van der Waals surface area contributed by atoms with Crippen LogP contribution in [0.2, 0.25) is 0 Å². The van der Waals surface area contributed by atoms with Crippen LogP contribution in [0.15, 0.2) is 33.2 Å². The number of aromatic amines is 1. The van der Waals surface area contributed by atoms with Gasteiger partial charge in [0.1, 0.15) is 22.9 Å². The molecule has 4 rings (SSSR count). The van der Waals surface area contributed by atoms with E-state index in [-0.39, 0.29) is 11.9 Å². The summed E-state index contributed by atoms with van der Waals surface area (Å²) in [5.41, 5.74) is 1.89. The summed E-state index contributed by atoms with van der Waals surface area (Å²) >= 11 is 0. The van der Waals surface area contributed by atoms with Crippen molar-refractivity contribution in [3.05, 3.63) is 47.2 Å². The summed E-state index contributed by atoms with van der Waals surface area (Å²) in [6, 6.07) is 7.31. The summed E-state index contributed by atoms with van der Waals surface area (Å²) in [4.78, 5) is 14.8. The van der Waals surface area contributed by atoms with Crippen LogP contribution in [-0.4, -0.2) is 32.7 Å². The lowest BCUT2D eigenvalue weighted by Gasteiger charge is -2.33. The summed E-state index contributed by atoms with van der Waals surface area (Å²) in [7, 11) is 0. The van der Waals surface area contributed by atoms with Gasteiger partial charge in [0.15, 0.2) is 11.5 Å². The van der Waals surface area contributed by atoms with Crippen LogP contribution in [0, 0.1) is 13.8 Å². The van der Waals surface area contributed by atoms with E-state index >= 15 is 0 Å². The number of aromatic nitrogens is 3. The Bertz CT molecular complexity index is 892. The normalized spacial score (nSPS) is 17.8. The number of nitrogens with zero attached hydrogens (tertiary/aromatic N) is 3. The number of rotatable bonds is 3. The number of hydrogen-bond donors (Lipinski definition) is 1. The smallest absolute Gasteiger partial charge is 0.274 e. The average molecular weight is 340 g/mol. The van der Waals surface area contributed by atoms with E-state index < -0.39 is 0 Å². The lowest BCUT2D eigenvalue weighted by atomic mass is 9.98. The van der Waals surface area contributed by atoms with E-state index in [2.05, 4.69) is 15.4 Å². The number of carbonyl (C=O) groups excluding carboxylic acids is 1. The minimum Gasteiger partial charge on any atom is -0.460 e. The van der Waals surface area contributed by atoms with Gasteiger partial charge in [0.05, 0.1) is 6.04 Å². The Hall–Kier alpha value is -2.83. The first kappa shape index (κ1) is 15.7. The van der Waals surface area contributed by atoms with Crippen LogP contribution in [0.25, 0.3) is 11.5 Å². The van der Waals surface area contributed by atoms with Gasteiger partial charge in [-0.25, -0.2) is 0 Å². The lowest BCUT2D eigenvalue weighted by molar-refractivity contribution is 0.0595. The molecule has 1 aliphatic rings. The third kappa shape index (κ3) is 2.97. The number of hydrogen-bond acceptors (Lipinski definition) is 5. The summed E-state index contributed by atoms with van der Waals surface area (Å²) in [6.45, 7) is 4.43. The highest BCUT2D eigenvalue weighted by atomic mass is 16.5. The van der Waals surface area contributed by atoms with E-state index in [0.717, 1.165) is 36.5 Å². The average Bonchev–Trinajstić information content (AvgIpc) is 3.34. The van der Waals surface area contributed by atoms with Crippen molar-refractivity contribution in [2.75, 3.05) is 6.54 Å². The lowest BCUT2D eigenvalue weighted by Crippen LogP contribution is -2.38. The van der Waals surface area contributed by atoms with E-state index in [9.17, 15) is 4.79 Å². The van der Waals surface area contributed by atoms with Crippen LogP contribution >= 0.6 is 0 Å². The Morgan fingerprint density at radius 3 is 2.84 bits per heavy atom. The van der Waals surface area contributed by atoms with Crippen molar-refractivity contribution >= 4 is 5.91 Å². The summed E-state index contributed by atoms with van der Waals surface area (Å²) in [6.07, 6.45) is 2.93. The van der Waals surface area contributed by atoms with E-state index in [1.54, 1.807) is 6.07 Å². The van der Waals surface area contributed by atoms with Gasteiger partial charge in [-0.15, -0.1) is 0 Å². The molecule has 0 bridgehead atoms. The van der Waals surface area contributed by atoms with Crippen molar-refractivity contribution in [2.24, 2.45) is 0 Å². The Balaban J connectivity index is 1.59. The fourth-order valence-electron chi connectivity index (χ4n) is 3.31. The number of piperidine rings is 1. The predicted octanol–water partition coefficient (Wildman–Crippen LogP) is 3.64. The molecule has 1 atom stereocenters. The van der Waals surface area contributed by atoms with Crippen LogP contribution in [0.4, 0.5) is 0 Å². The molecule has 1 aliphatic heterocycles. The number of likely N-dealkylation sites (tertiary alicyclic amines) is 1. The van der Waals surface area contributed by atoms with Gasteiger partial charge in [0, 0.05) is 18.7 Å². The Labute approximate surface area is 145 Å². The molecule has 0 spiro atoms. The van der Waals surface area contributed by atoms with Crippen LogP contribution in [0.3, 0.4) is 0 Å². The van der Waals surface area contributed by atoms with Gasteiger partial charge in [0.25, 0.3) is 5.91 Å². The van der Waals surface area contributed by atoms with E-state index in [1.165, 1.54) is 0 Å². The topological polar surface area (TPSA) is 88.2 Å². The molecule has 7 nitrogen and oxygen atoms in total. The number of furan rings is 1. The zero-order chi connectivity index (χ0) is 17.4. The quantitative estimate of drug-likeness (QED) is 0.786. The molecule has 0 aliphatic carbocycles. The Morgan fingerprint density at radius 1 is 1.24 bits per heavy atom. The molecule has 1 fully saturated rings. The standard InChI is InChI=1S/C18H20N4O3/c1-11-6-7-17(24-11)14-10-15(20-19-14)18(23)22-8-4-3-5-16(22)13-9-12(2)25-21-13/h6-7,9-10,16H,3-5,8H2,1-2H3,(H,19,20).